The van der Waals surface area contributed by atoms with E-state index >= 15 is 0 Å². The SMILES string of the molecule is CC1=CC(c2nnc3cc(C)c(OCc4cccc(CNCCc5ccccc5)n4)nn23)NO1. The number of allylic oxidation sites excluding steroid dienone is 1. The summed E-state index contributed by atoms with van der Waals surface area (Å²) in [7, 11) is 0. The number of hydroxylamine groups is 1. The fourth-order valence-corrected chi connectivity index (χ4v) is 3.79. The Bertz CT molecular complexity index is 1300. The Morgan fingerprint density at radius 2 is 1.91 bits per heavy atom. The van der Waals surface area contributed by atoms with Crippen LogP contribution >= 0.6 is 0 Å². The van der Waals surface area contributed by atoms with Gasteiger partial charge in [0.1, 0.15) is 18.4 Å². The van der Waals surface area contributed by atoms with Crippen LogP contribution in [0.4, 0.5) is 0 Å². The zero-order valence-electron chi connectivity index (χ0n) is 19.2. The molecule has 34 heavy (non-hydrogen) atoms. The highest BCUT2D eigenvalue weighted by atomic mass is 16.7. The van der Waals surface area contributed by atoms with Crippen LogP contribution in [0.25, 0.3) is 5.65 Å². The van der Waals surface area contributed by atoms with E-state index in [0.29, 0.717) is 30.5 Å². The average Bonchev–Trinajstić information content (AvgIpc) is 3.46. The molecule has 0 fully saturated rings. The van der Waals surface area contributed by atoms with Gasteiger partial charge in [-0.25, -0.2) is 0 Å². The van der Waals surface area contributed by atoms with Crippen LogP contribution in [0.5, 0.6) is 5.88 Å². The molecule has 0 saturated heterocycles. The Morgan fingerprint density at radius 3 is 2.74 bits per heavy atom. The number of ether oxygens (including phenoxy) is 1. The summed E-state index contributed by atoms with van der Waals surface area (Å²) in [4.78, 5) is 10.0. The van der Waals surface area contributed by atoms with Crippen molar-refractivity contribution in [2.24, 2.45) is 0 Å². The summed E-state index contributed by atoms with van der Waals surface area (Å²) < 4.78 is 7.72. The van der Waals surface area contributed by atoms with Crippen molar-refractivity contribution in [3.63, 3.8) is 0 Å². The van der Waals surface area contributed by atoms with Crippen LogP contribution in [-0.2, 0) is 24.4 Å². The lowest BCUT2D eigenvalue weighted by Gasteiger charge is -2.11. The standard InChI is InChI=1S/C25H27N7O2/c1-17-13-23-28-29-24(22-14-18(2)34-31-22)32(23)30-25(17)33-16-21-10-6-9-20(27-21)15-26-12-11-19-7-4-3-5-8-19/h3-10,13-14,22,26,31H,11-12,15-16H2,1-2H3. The molecule has 1 unspecified atom stereocenters. The van der Waals surface area contributed by atoms with Crippen LogP contribution in [0.3, 0.4) is 0 Å². The van der Waals surface area contributed by atoms with Crippen LogP contribution in [0.1, 0.15) is 41.3 Å². The van der Waals surface area contributed by atoms with E-state index < -0.39 is 0 Å². The van der Waals surface area contributed by atoms with Gasteiger partial charge in [0, 0.05) is 12.1 Å². The molecule has 0 saturated carbocycles. The number of benzene rings is 1. The first-order valence-electron chi connectivity index (χ1n) is 11.3. The van der Waals surface area contributed by atoms with Gasteiger partial charge in [0.2, 0.25) is 5.88 Å². The summed E-state index contributed by atoms with van der Waals surface area (Å²) in [6.45, 7) is 5.74. The molecular formula is C25H27N7O2. The quantitative estimate of drug-likeness (QED) is 0.370. The van der Waals surface area contributed by atoms with Crippen LogP contribution in [0.15, 0.2) is 66.4 Å². The first-order chi connectivity index (χ1) is 16.7. The predicted molar refractivity (Wildman–Crippen MR) is 127 cm³/mol. The summed E-state index contributed by atoms with van der Waals surface area (Å²) in [5.41, 5.74) is 7.60. The number of nitrogens with zero attached hydrogens (tertiary/aromatic N) is 5. The van der Waals surface area contributed by atoms with E-state index in [1.807, 2.05) is 50.3 Å². The maximum Gasteiger partial charge on any atom is 0.235 e. The molecule has 5 rings (SSSR count). The normalized spacial score (nSPS) is 15.4. The van der Waals surface area contributed by atoms with Gasteiger partial charge in [0.15, 0.2) is 11.5 Å². The molecule has 1 aliphatic rings. The van der Waals surface area contributed by atoms with Gasteiger partial charge in [-0.15, -0.1) is 20.8 Å². The minimum Gasteiger partial charge on any atom is -0.470 e. The monoisotopic (exact) mass is 457 g/mol. The lowest BCUT2D eigenvalue weighted by atomic mass is 10.1. The molecule has 0 amide bonds. The number of pyridine rings is 1. The van der Waals surface area contributed by atoms with Crippen LogP contribution in [0.2, 0.25) is 0 Å². The molecule has 0 spiro atoms. The molecule has 0 bridgehead atoms. The van der Waals surface area contributed by atoms with Gasteiger partial charge in [0.05, 0.1) is 11.4 Å². The highest BCUT2D eigenvalue weighted by Crippen LogP contribution is 2.23. The van der Waals surface area contributed by atoms with E-state index in [1.165, 1.54) is 5.56 Å². The first-order valence-corrected chi connectivity index (χ1v) is 11.3. The predicted octanol–water partition coefficient (Wildman–Crippen LogP) is 3.22. The summed E-state index contributed by atoms with van der Waals surface area (Å²) in [5.74, 6) is 1.94. The van der Waals surface area contributed by atoms with Gasteiger partial charge < -0.3 is 14.9 Å². The van der Waals surface area contributed by atoms with E-state index in [9.17, 15) is 0 Å². The van der Waals surface area contributed by atoms with Crippen molar-refractivity contribution in [3.05, 3.63) is 94.8 Å². The van der Waals surface area contributed by atoms with Gasteiger partial charge >= 0.3 is 0 Å². The molecule has 174 valence electrons. The van der Waals surface area contributed by atoms with E-state index in [-0.39, 0.29) is 6.04 Å². The van der Waals surface area contributed by atoms with Gasteiger partial charge in [-0.3, -0.25) is 4.98 Å². The molecule has 1 aliphatic heterocycles. The number of nitrogens with one attached hydrogen (secondary N) is 2. The number of rotatable bonds is 9. The van der Waals surface area contributed by atoms with E-state index in [0.717, 1.165) is 35.7 Å². The van der Waals surface area contributed by atoms with E-state index in [1.54, 1.807) is 4.52 Å². The summed E-state index contributed by atoms with van der Waals surface area (Å²) in [5, 5.41) is 16.6. The molecule has 4 aromatic rings. The molecule has 0 aliphatic carbocycles. The Balaban J connectivity index is 1.21. The van der Waals surface area contributed by atoms with Crippen molar-refractivity contribution in [3.8, 4) is 5.88 Å². The minimum atomic E-state index is -0.217. The zero-order chi connectivity index (χ0) is 23.3. The van der Waals surface area contributed by atoms with Gasteiger partial charge in [-0.2, -0.15) is 4.52 Å². The van der Waals surface area contributed by atoms with Crippen molar-refractivity contribution < 1.29 is 9.57 Å². The topological polar surface area (TPSA) is 98.5 Å². The van der Waals surface area contributed by atoms with Gasteiger partial charge in [-0.1, -0.05) is 36.4 Å². The number of aromatic nitrogens is 5. The number of fused-ring (bicyclic) bond motifs is 1. The van der Waals surface area contributed by atoms with E-state index in [2.05, 4.69) is 50.4 Å². The maximum atomic E-state index is 6.04. The van der Waals surface area contributed by atoms with Crippen LogP contribution < -0.4 is 15.5 Å². The summed E-state index contributed by atoms with van der Waals surface area (Å²) in [6, 6.07) is 18.1. The zero-order valence-corrected chi connectivity index (χ0v) is 19.2. The Morgan fingerprint density at radius 1 is 1.06 bits per heavy atom. The third-order valence-electron chi connectivity index (χ3n) is 5.55. The Kier molecular flexibility index (Phi) is 6.46. The van der Waals surface area contributed by atoms with Crippen molar-refractivity contribution in [1.82, 2.24) is 35.6 Å². The summed E-state index contributed by atoms with van der Waals surface area (Å²) in [6.07, 6.45) is 2.92. The molecule has 9 nitrogen and oxygen atoms in total. The fraction of sp³-hybridized carbons (Fsp3) is 0.280. The molecule has 2 N–H and O–H groups in total. The van der Waals surface area contributed by atoms with Crippen molar-refractivity contribution in [2.45, 2.75) is 39.5 Å². The molecule has 3 aromatic heterocycles. The molecular weight excluding hydrogens is 430 g/mol. The first kappa shape index (κ1) is 22.0. The molecule has 1 atom stereocenters. The second-order valence-corrected chi connectivity index (χ2v) is 8.26. The van der Waals surface area contributed by atoms with Crippen LogP contribution in [-0.4, -0.2) is 31.3 Å². The number of hydrogen-bond acceptors (Lipinski definition) is 8. The van der Waals surface area contributed by atoms with Gasteiger partial charge in [-0.05, 0) is 56.7 Å². The number of hydrogen-bond donors (Lipinski definition) is 2. The second-order valence-electron chi connectivity index (χ2n) is 8.26. The molecule has 9 heteroatoms. The van der Waals surface area contributed by atoms with Crippen molar-refractivity contribution in [2.75, 3.05) is 6.54 Å². The highest BCUT2D eigenvalue weighted by molar-refractivity contribution is 5.43. The third-order valence-corrected chi connectivity index (χ3v) is 5.55. The van der Waals surface area contributed by atoms with Crippen molar-refractivity contribution >= 4 is 5.65 Å². The Labute approximate surface area is 197 Å². The molecule has 0 radical (unpaired) electrons. The summed E-state index contributed by atoms with van der Waals surface area (Å²) >= 11 is 0. The molecule has 4 heterocycles. The largest absolute Gasteiger partial charge is 0.470 e. The second kappa shape index (κ2) is 9.98. The number of aryl methyl sites for hydroxylation is 1. The minimum absolute atomic E-state index is 0.217. The average molecular weight is 458 g/mol. The van der Waals surface area contributed by atoms with Crippen LogP contribution in [0, 0.1) is 6.92 Å². The fourth-order valence-electron chi connectivity index (χ4n) is 3.79. The Hall–Kier alpha value is -3.82. The van der Waals surface area contributed by atoms with Gasteiger partial charge in [0.25, 0.3) is 0 Å². The molecule has 1 aromatic carbocycles. The smallest absolute Gasteiger partial charge is 0.235 e. The van der Waals surface area contributed by atoms with E-state index in [4.69, 9.17) is 14.6 Å². The maximum absolute atomic E-state index is 6.04. The van der Waals surface area contributed by atoms with Crippen molar-refractivity contribution in [1.29, 1.82) is 0 Å². The lowest BCUT2D eigenvalue weighted by molar-refractivity contribution is 0.115. The highest BCUT2D eigenvalue weighted by Gasteiger charge is 2.23. The lowest BCUT2D eigenvalue weighted by Crippen LogP contribution is -2.18. The third kappa shape index (κ3) is 5.05.